The molecule has 4 N–H and O–H groups in total. The fraction of sp³-hybridized carbons (Fsp3) is 0.451. The van der Waals surface area contributed by atoms with Gasteiger partial charge in [0.1, 0.15) is 16.6 Å². The Morgan fingerprint density at radius 2 is 1.42 bits per heavy atom. The van der Waals surface area contributed by atoms with Crippen molar-refractivity contribution >= 4 is 53.7 Å². The molecule has 364 valence electrons. The number of ether oxygens (including phenoxy) is 2. The number of para-hydroxylation sites is 1. The zero-order valence-electron chi connectivity index (χ0n) is 40.7. The Kier molecular flexibility index (Phi) is 26.8. The lowest BCUT2D eigenvalue weighted by atomic mass is 9.87. The van der Waals surface area contributed by atoms with E-state index in [1.807, 2.05) is 40.7 Å². The number of halogens is 1. The van der Waals surface area contributed by atoms with Gasteiger partial charge in [0.05, 0.1) is 44.8 Å². The quantitative estimate of drug-likeness (QED) is 0.0324. The van der Waals surface area contributed by atoms with Gasteiger partial charge in [-0.3, -0.25) is 14.8 Å². The molecule has 0 bridgehead atoms. The predicted octanol–water partition coefficient (Wildman–Crippen LogP) is 11.0. The Hall–Kier alpha value is -5.39. The number of piperidine rings is 2. The fourth-order valence-electron chi connectivity index (χ4n) is 7.23. The van der Waals surface area contributed by atoms with Crippen LogP contribution in [0.25, 0.3) is 0 Å². The summed E-state index contributed by atoms with van der Waals surface area (Å²) in [4.78, 5) is 19.2. The lowest BCUT2D eigenvalue weighted by molar-refractivity contribution is -0.386. The molecule has 0 amide bonds. The molecule has 3 heterocycles. The number of nitrogen functional groups attached to an aromatic ring is 1. The summed E-state index contributed by atoms with van der Waals surface area (Å²) in [7, 11) is -0.658. The first-order chi connectivity index (χ1) is 31.7. The molecule has 2 aliphatic heterocycles. The van der Waals surface area contributed by atoms with Gasteiger partial charge in [-0.15, -0.1) is 25.2 Å². The number of hydrogen-bond acceptors (Lipinski definition) is 12. The summed E-state index contributed by atoms with van der Waals surface area (Å²) >= 11 is 6.04. The predicted molar refractivity (Wildman–Crippen MR) is 279 cm³/mol. The first kappa shape index (κ1) is 59.6. The van der Waals surface area contributed by atoms with E-state index in [4.69, 9.17) is 33.2 Å². The second-order valence-electron chi connectivity index (χ2n) is 16.5. The number of nitro benzene ring substituents is 1. The van der Waals surface area contributed by atoms with Crippen LogP contribution in [0.15, 0.2) is 59.6 Å². The molecule has 0 radical (unpaired) electrons. The van der Waals surface area contributed by atoms with Crippen molar-refractivity contribution in [1.29, 1.82) is 0 Å². The fourth-order valence-corrected chi connectivity index (χ4v) is 8.87. The number of hydrogen-bond donors (Lipinski definition) is 3. The molecule has 0 saturated carbocycles. The maximum absolute atomic E-state index is 12.4. The maximum atomic E-state index is 12.4. The van der Waals surface area contributed by atoms with Gasteiger partial charge in [0, 0.05) is 19.2 Å². The molecule has 4 aromatic rings. The standard InChI is InChI=1S/C15H23N2O3P.C15H24N2O.C14H16ClN3O2S.C3H4.C2H2.C2H/c1-10(2)20-15-9-13(11(3)8-14(15)17(18)19)12-4-6-16(21)7-5-12;1-10(2)18-15-9-13(11(3)8-14(15)16)12-4-6-17-7-5-12;1-9(2)21(19,20)13-7-5-4-6-12(13)18-14-11(15)8-16-10(3)17-14;1-3-2;2*1-2/h8-10,12H,4-7,21H2,1-3H3;8-10,12,17H,4-7,16H2,1-3H3;4-9H,1-3H3,(H,16,17,18);1H,2H3;1-2H;1H/q;;;;;-1. The number of nitrogens with zero attached hydrogens (tertiary/aromatic N) is 4. The van der Waals surface area contributed by atoms with Crippen LogP contribution in [-0.2, 0) is 9.84 Å². The first-order valence-electron chi connectivity index (χ1n) is 22.0. The summed E-state index contributed by atoms with van der Waals surface area (Å²) in [5, 5.41) is 17.4. The SMILES string of the molecule is C#C.C#CC.Cc1cc(N)c(OC(C)C)cc1C1CCNCC1.Cc1cc([N+](=O)[O-])c(OC(C)C)cc1C1CCN(P)CC1.Cc1ncc(Cl)c(Nc2ccccc2S(=O)(=O)C(C)C)n1.[C-]#C. The Morgan fingerprint density at radius 3 is 1.94 bits per heavy atom. The van der Waals surface area contributed by atoms with E-state index in [0.717, 1.165) is 56.0 Å². The number of sulfone groups is 1. The third kappa shape index (κ3) is 19.0. The topological polar surface area (TPSA) is 175 Å². The molecule has 3 aromatic carbocycles. The van der Waals surface area contributed by atoms with E-state index >= 15 is 0 Å². The van der Waals surface area contributed by atoms with Crippen molar-refractivity contribution in [3.05, 3.63) is 104 Å². The molecule has 67 heavy (non-hydrogen) atoms. The molecule has 0 spiro atoms. The number of nitro groups is 1. The number of terminal acetylenes is 3. The number of nitrogens with two attached hydrogens (primary N) is 1. The van der Waals surface area contributed by atoms with Gasteiger partial charge in [-0.2, -0.15) is 0 Å². The Balaban J connectivity index is 0.000000471. The van der Waals surface area contributed by atoms with Crippen LogP contribution in [0.1, 0.15) is 114 Å². The average molecular weight is 976 g/mol. The van der Waals surface area contributed by atoms with E-state index in [-0.39, 0.29) is 27.7 Å². The van der Waals surface area contributed by atoms with E-state index in [2.05, 4.69) is 85.3 Å². The molecule has 2 saturated heterocycles. The van der Waals surface area contributed by atoms with Crippen molar-refractivity contribution in [2.24, 2.45) is 0 Å². The van der Waals surface area contributed by atoms with E-state index < -0.39 is 15.1 Å². The highest BCUT2D eigenvalue weighted by molar-refractivity contribution is 7.92. The van der Waals surface area contributed by atoms with Crippen molar-refractivity contribution in [3.63, 3.8) is 0 Å². The molecule has 0 aliphatic carbocycles. The van der Waals surface area contributed by atoms with Crippen molar-refractivity contribution in [3.8, 4) is 43.1 Å². The van der Waals surface area contributed by atoms with Gasteiger partial charge < -0.3 is 38.7 Å². The van der Waals surface area contributed by atoms with Crippen LogP contribution in [0.5, 0.6) is 11.5 Å². The minimum absolute atomic E-state index is 0.0634. The first-order valence-corrected chi connectivity index (χ1v) is 24.4. The second kappa shape index (κ2) is 30.1. The number of benzene rings is 3. The highest BCUT2D eigenvalue weighted by Crippen LogP contribution is 2.39. The van der Waals surface area contributed by atoms with Crippen LogP contribution in [-0.4, -0.2) is 71.6 Å². The average Bonchev–Trinajstić information content (AvgIpc) is 3.29. The van der Waals surface area contributed by atoms with Crippen molar-refractivity contribution in [1.82, 2.24) is 20.0 Å². The minimum Gasteiger partial charge on any atom is -0.697 e. The molecule has 6 rings (SSSR count). The lowest BCUT2D eigenvalue weighted by Gasteiger charge is -2.30. The van der Waals surface area contributed by atoms with E-state index in [0.29, 0.717) is 39.9 Å². The minimum atomic E-state index is -3.40. The summed E-state index contributed by atoms with van der Waals surface area (Å²) in [6.07, 6.45) is 27.7. The Bertz CT molecular complexity index is 2360. The van der Waals surface area contributed by atoms with Gasteiger partial charge in [0.25, 0.3) is 0 Å². The van der Waals surface area contributed by atoms with Gasteiger partial charge in [0.2, 0.25) is 0 Å². The molecule has 1 atom stereocenters. The number of nitrogens with one attached hydrogen (secondary N) is 2. The summed E-state index contributed by atoms with van der Waals surface area (Å²) < 4.78 is 38.5. The molecule has 16 heteroatoms. The molecule has 13 nitrogen and oxygen atoms in total. The van der Waals surface area contributed by atoms with Crippen LogP contribution in [0, 0.1) is 68.9 Å². The smallest absolute Gasteiger partial charge is 0.311 e. The van der Waals surface area contributed by atoms with E-state index in [9.17, 15) is 18.5 Å². The van der Waals surface area contributed by atoms with E-state index in [1.54, 1.807) is 58.0 Å². The van der Waals surface area contributed by atoms with Crippen LogP contribution < -0.4 is 25.8 Å². The van der Waals surface area contributed by atoms with Crippen molar-refractivity contribution in [2.45, 2.75) is 129 Å². The molecular formula is C51H70ClN7O6PS-. The summed E-state index contributed by atoms with van der Waals surface area (Å²) in [5.41, 5.74) is 12.2. The monoisotopic (exact) mass is 974 g/mol. The summed E-state index contributed by atoms with van der Waals surface area (Å²) in [6, 6.07) is 14.4. The Labute approximate surface area is 408 Å². The highest BCUT2D eigenvalue weighted by Gasteiger charge is 2.26. The molecule has 2 aliphatic rings. The molecule has 1 unspecified atom stereocenters. The van der Waals surface area contributed by atoms with Crippen LogP contribution in [0.2, 0.25) is 5.02 Å². The number of aromatic nitrogens is 2. The van der Waals surface area contributed by atoms with Gasteiger partial charge >= 0.3 is 5.69 Å². The van der Waals surface area contributed by atoms with Crippen molar-refractivity contribution in [2.75, 3.05) is 37.2 Å². The lowest BCUT2D eigenvalue weighted by Crippen LogP contribution is -2.27. The van der Waals surface area contributed by atoms with Crippen LogP contribution >= 0.6 is 21.0 Å². The van der Waals surface area contributed by atoms with Gasteiger partial charge in [-0.25, -0.2) is 18.4 Å². The molecular weight excluding hydrogens is 905 g/mol. The molecule has 2 fully saturated rings. The zero-order valence-corrected chi connectivity index (χ0v) is 43.5. The van der Waals surface area contributed by atoms with Gasteiger partial charge in [-0.05, 0) is 172 Å². The maximum Gasteiger partial charge on any atom is 0.311 e. The Morgan fingerprint density at radius 1 is 0.925 bits per heavy atom. The summed E-state index contributed by atoms with van der Waals surface area (Å²) in [6.45, 7) is 22.9. The number of rotatable bonds is 11. The number of aryl methyl sites for hydroxylation is 3. The third-order valence-electron chi connectivity index (χ3n) is 10.3. The van der Waals surface area contributed by atoms with Gasteiger partial charge in [0.15, 0.2) is 21.4 Å². The second-order valence-corrected chi connectivity index (χ2v) is 20.1. The zero-order chi connectivity index (χ0) is 51.0. The normalized spacial score (nSPS) is 13.8. The van der Waals surface area contributed by atoms with Crippen LogP contribution in [0.4, 0.5) is 22.9 Å². The number of anilines is 3. The van der Waals surface area contributed by atoms with Crippen molar-refractivity contribution < 1.29 is 22.8 Å². The molecule has 1 aromatic heterocycles. The largest absolute Gasteiger partial charge is 0.697 e. The van der Waals surface area contributed by atoms with Gasteiger partial charge in [-0.1, -0.05) is 33.1 Å². The van der Waals surface area contributed by atoms with E-state index in [1.165, 1.54) is 35.7 Å². The third-order valence-corrected chi connectivity index (χ3v) is 13.4. The summed E-state index contributed by atoms with van der Waals surface area (Å²) in [5.74, 6) is 5.51. The van der Waals surface area contributed by atoms with Crippen LogP contribution in [0.3, 0.4) is 0 Å². The highest BCUT2D eigenvalue weighted by atomic mass is 35.5.